The van der Waals surface area contributed by atoms with Crippen LogP contribution in [0.4, 0.5) is 0 Å². The molecule has 0 bridgehead atoms. The lowest BCUT2D eigenvalue weighted by molar-refractivity contribution is -0.169. The summed E-state index contributed by atoms with van der Waals surface area (Å²) in [6.07, 6.45) is 0.863. The average molecular weight is 399 g/mol. The lowest BCUT2D eigenvalue weighted by Gasteiger charge is -2.32. The van der Waals surface area contributed by atoms with Crippen LogP contribution in [0.1, 0.15) is 43.5 Å². The topological polar surface area (TPSA) is 74.7 Å². The predicted molar refractivity (Wildman–Crippen MR) is 109 cm³/mol. The fourth-order valence-corrected chi connectivity index (χ4v) is 3.41. The standard InChI is InChI=1S/C23H29NO5/c1-5-27-21(20(22(25)28-6-2)23(26)29-7-3)19(18-14-10-11-15-24-18)17-13-9-8-12-16(17)4/h8-15,19-21H,5-7H2,1-4H3. The van der Waals surface area contributed by atoms with Gasteiger partial charge in [-0.05, 0) is 51.0 Å². The summed E-state index contributed by atoms with van der Waals surface area (Å²) in [5.74, 6) is -2.98. The van der Waals surface area contributed by atoms with Crippen LogP contribution in [0, 0.1) is 12.8 Å². The molecule has 2 aromatic rings. The van der Waals surface area contributed by atoms with Crippen molar-refractivity contribution in [2.75, 3.05) is 19.8 Å². The van der Waals surface area contributed by atoms with Crippen molar-refractivity contribution in [2.24, 2.45) is 5.92 Å². The second-order valence-electron chi connectivity index (χ2n) is 6.49. The Morgan fingerprint density at radius 3 is 2.03 bits per heavy atom. The summed E-state index contributed by atoms with van der Waals surface area (Å²) in [4.78, 5) is 30.1. The Hall–Kier alpha value is -2.73. The van der Waals surface area contributed by atoms with Gasteiger partial charge < -0.3 is 14.2 Å². The van der Waals surface area contributed by atoms with Gasteiger partial charge in [-0.3, -0.25) is 14.6 Å². The molecule has 2 atom stereocenters. The second-order valence-corrected chi connectivity index (χ2v) is 6.49. The first-order valence-corrected chi connectivity index (χ1v) is 9.96. The average Bonchev–Trinajstić information content (AvgIpc) is 2.71. The van der Waals surface area contributed by atoms with Gasteiger partial charge in [0.1, 0.15) is 0 Å². The van der Waals surface area contributed by atoms with Gasteiger partial charge >= 0.3 is 11.9 Å². The summed E-state index contributed by atoms with van der Waals surface area (Å²) in [7, 11) is 0. The molecule has 0 aliphatic carbocycles. The van der Waals surface area contributed by atoms with E-state index in [1.54, 1.807) is 20.0 Å². The minimum absolute atomic E-state index is 0.159. The monoisotopic (exact) mass is 399 g/mol. The Morgan fingerprint density at radius 2 is 1.52 bits per heavy atom. The number of nitrogens with zero attached hydrogens (tertiary/aromatic N) is 1. The minimum Gasteiger partial charge on any atom is -0.465 e. The summed E-state index contributed by atoms with van der Waals surface area (Å²) < 4.78 is 16.4. The van der Waals surface area contributed by atoms with E-state index < -0.39 is 29.9 Å². The van der Waals surface area contributed by atoms with E-state index in [0.29, 0.717) is 12.3 Å². The molecular weight excluding hydrogens is 370 g/mol. The van der Waals surface area contributed by atoms with Gasteiger partial charge in [0.15, 0.2) is 5.92 Å². The van der Waals surface area contributed by atoms with Crippen LogP contribution < -0.4 is 0 Å². The third-order valence-corrected chi connectivity index (χ3v) is 4.63. The first-order valence-electron chi connectivity index (χ1n) is 9.96. The van der Waals surface area contributed by atoms with Crippen molar-refractivity contribution in [3.05, 3.63) is 65.5 Å². The van der Waals surface area contributed by atoms with E-state index in [9.17, 15) is 9.59 Å². The van der Waals surface area contributed by atoms with Crippen LogP contribution in [0.25, 0.3) is 0 Å². The Balaban J connectivity index is 2.64. The number of hydrogen-bond acceptors (Lipinski definition) is 6. The van der Waals surface area contributed by atoms with Crippen LogP contribution in [0.5, 0.6) is 0 Å². The maximum Gasteiger partial charge on any atom is 0.323 e. The highest BCUT2D eigenvalue weighted by Gasteiger charge is 2.44. The van der Waals surface area contributed by atoms with Crippen molar-refractivity contribution in [1.29, 1.82) is 0 Å². The smallest absolute Gasteiger partial charge is 0.323 e. The third kappa shape index (κ3) is 5.64. The van der Waals surface area contributed by atoms with E-state index in [1.807, 2.05) is 56.3 Å². The molecule has 0 N–H and O–H groups in total. The fraction of sp³-hybridized carbons (Fsp3) is 0.435. The Morgan fingerprint density at radius 1 is 0.897 bits per heavy atom. The van der Waals surface area contributed by atoms with Crippen LogP contribution >= 0.6 is 0 Å². The zero-order valence-corrected chi connectivity index (χ0v) is 17.5. The zero-order valence-electron chi connectivity index (χ0n) is 17.5. The largest absolute Gasteiger partial charge is 0.465 e. The van der Waals surface area contributed by atoms with Crippen molar-refractivity contribution in [3.8, 4) is 0 Å². The molecule has 0 saturated carbocycles. The molecular formula is C23H29NO5. The van der Waals surface area contributed by atoms with Crippen LogP contribution in [-0.4, -0.2) is 42.8 Å². The number of benzene rings is 1. The number of esters is 2. The van der Waals surface area contributed by atoms with E-state index >= 15 is 0 Å². The number of pyridine rings is 1. The molecule has 29 heavy (non-hydrogen) atoms. The van der Waals surface area contributed by atoms with Crippen LogP contribution in [0.15, 0.2) is 48.7 Å². The predicted octanol–water partition coefficient (Wildman–Crippen LogP) is 3.67. The normalized spacial score (nSPS) is 13.0. The van der Waals surface area contributed by atoms with Gasteiger partial charge in [0.2, 0.25) is 0 Å². The SMILES string of the molecule is CCOC(=O)C(C(=O)OCC)C(OCC)C(c1ccccn1)c1ccccc1C. The van der Waals surface area contributed by atoms with Crippen molar-refractivity contribution in [3.63, 3.8) is 0 Å². The maximum atomic E-state index is 12.8. The number of hydrogen-bond donors (Lipinski definition) is 0. The molecule has 156 valence electrons. The molecule has 0 saturated heterocycles. The molecule has 0 fully saturated rings. The van der Waals surface area contributed by atoms with Crippen LogP contribution in [-0.2, 0) is 23.8 Å². The molecule has 6 heteroatoms. The van der Waals surface area contributed by atoms with E-state index in [0.717, 1.165) is 11.1 Å². The molecule has 0 aliphatic heterocycles. The highest BCUT2D eigenvalue weighted by atomic mass is 16.6. The molecule has 1 heterocycles. The van der Waals surface area contributed by atoms with Crippen molar-refractivity contribution < 1.29 is 23.8 Å². The molecule has 2 unspecified atom stereocenters. The van der Waals surface area contributed by atoms with Gasteiger partial charge in [0, 0.05) is 12.8 Å². The number of rotatable bonds is 10. The number of ether oxygens (including phenoxy) is 3. The summed E-state index contributed by atoms with van der Waals surface area (Å²) in [6, 6.07) is 13.4. The molecule has 0 spiro atoms. The maximum absolute atomic E-state index is 12.8. The van der Waals surface area contributed by atoms with E-state index in [2.05, 4.69) is 4.98 Å². The first kappa shape index (κ1) is 22.6. The van der Waals surface area contributed by atoms with Gasteiger partial charge in [-0.2, -0.15) is 0 Å². The Kier molecular flexibility index (Phi) is 8.80. The second kappa shape index (κ2) is 11.3. The Bertz CT molecular complexity index is 775. The van der Waals surface area contributed by atoms with E-state index in [1.165, 1.54) is 0 Å². The molecule has 0 aliphatic rings. The molecule has 1 aromatic heterocycles. The third-order valence-electron chi connectivity index (χ3n) is 4.63. The first-order chi connectivity index (χ1) is 14.0. The minimum atomic E-state index is -1.22. The van der Waals surface area contributed by atoms with Crippen molar-refractivity contribution in [2.45, 2.75) is 39.7 Å². The highest BCUT2D eigenvalue weighted by Crippen LogP contribution is 2.35. The van der Waals surface area contributed by atoms with E-state index in [-0.39, 0.29) is 13.2 Å². The summed E-state index contributed by atoms with van der Waals surface area (Å²) in [5.41, 5.74) is 2.65. The Labute approximate surface area is 172 Å². The molecule has 6 nitrogen and oxygen atoms in total. The molecule has 2 rings (SSSR count). The number of aromatic nitrogens is 1. The highest BCUT2D eigenvalue weighted by molar-refractivity contribution is 5.96. The number of carbonyl (C=O) groups is 2. The van der Waals surface area contributed by atoms with Gasteiger partial charge in [-0.15, -0.1) is 0 Å². The molecule has 0 amide bonds. The number of aryl methyl sites for hydroxylation is 1. The summed E-state index contributed by atoms with van der Waals surface area (Å²) >= 11 is 0. The summed E-state index contributed by atoms with van der Waals surface area (Å²) in [6.45, 7) is 7.85. The van der Waals surface area contributed by atoms with Crippen LogP contribution in [0.3, 0.4) is 0 Å². The lowest BCUT2D eigenvalue weighted by atomic mass is 9.81. The van der Waals surface area contributed by atoms with E-state index in [4.69, 9.17) is 14.2 Å². The quantitative estimate of drug-likeness (QED) is 0.448. The van der Waals surface area contributed by atoms with Gasteiger partial charge in [0.05, 0.1) is 30.9 Å². The van der Waals surface area contributed by atoms with Gasteiger partial charge in [-0.25, -0.2) is 0 Å². The number of carbonyl (C=O) groups excluding carboxylic acids is 2. The molecule has 0 radical (unpaired) electrons. The van der Waals surface area contributed by atoms with Gasteiger partial charge in [0.25, 0.3) is 0 Å². The summed E-state index contributed by atoms with van der Waals surface area (Å²) in [5, 5.41) is 0. The van der Waals surface area contributed by atoms with Crippen LogP contribution in [0.2, 0.25) is 0 Å². The lowest BCUT2D eigenvalue weighted by Crippen LogP contribution is -2.43. The van der Waals surface area contributed by atoms with Crippen molar-refractivity contribution >= 4 is 11.9 Å². The van der Waals surface area contributed by atoms with Crippen molar-refractivity contribution in [1.82, 2.24) is 4.98 Å². The fourth-order valence-electron chi connectivity index (χ4n) is 3.41. The van der Waals surface area contributed by atoms with Gasteiger partial charge in [-0.1, -0.05) is 30.3 Å². The molecule has 1 aromatic carbocycles. The zero-order chi connectivity index (χ0) is 21.2.